The fourth-order valence-corrected chi connectivity index (χ4v) is 0.505. The second-order valence-electron chi connectivity index (χ2n) is 1.53. The highest BCUT2D eigenvalue weighted by Crippen LogP contribution is 1.96. The van der Waals surface area contributed by atoms with Gasteiger partial charge in [0.15, 0.2) is 5.95 Å². The normalized spacial score (nSPS) is 9.62. The van der Waals surface area contributed by atoms with Crippen LogP contribution in [0.5, 0.6) is 0 Å². The second kappa shape index (κ2) is 1.86. The lowest BCUT2D eigenvalue weighted by molar-refractivity contribution is 1.16. The molecule has 1 radical (unpaired) electrons. The van der Waals surface area contributed by atoms with Gasteiger partial charge in [0.05, 0.1) is 5.69 Å². The van der Waals surface area contributed by atoms with Crippen LogP contribution >= 0.6 is 0 Å². The molecule has 0 bridgehead atoms. The number of rotatable bonds is 1. The minimum absolute atomic E-state index is 0.462. The van der Waals surface area contributed by atoms with Crippen molar-refractivity contribution in [2.45, 2.75) is 6.42 Å². The monoisotopic (exact) mass is 110 g/mol. The zero-order chi connectivity index (χ0) is 5.98. The SMILES string of the molecule is [CH2]Cc1c[nH]c(N)n1. The molecule has 1 heterocycles. The van der Waals surface area contributed by atoms with Crippen molar-refractivity contribution >= 4 is 5.95 Å². The van der Waals surface area contributed by atoms with E-state index < -0.39 is 0 Å². The first-order valence-corrected chi connectivity index (χ1v) is 2.42. The minimum Gasteiger partial charge on any atom is -0.369 e. The Bertz CT molecular complexity index is 168. The van der Waals surface area contributed by atoms with Gasteiger partial charge in [-0.15, -0.1) is 0 Å². The van der Waals surface area contributed by atoms with Gasteiger partial charge in [-0.3, -0.25) is 0 Å². The molecule has 8 heavy (non-hydrogen) atoms. The summed E-state index contributed by atoms with van der Waals surface area (Å²) < 4.78 is 0. The first-order chi connectivity index (χ1) is 3.83. The molecule has 0 aliphatic rings. The standard InChI is InChI=1S/C5H8N3/c1-2-4-3-7-5(6)8-4/h3H,1-2H2,(H3,6,7,8). The van der Waals surface area contributed by atoms with E-state index in [4.69, 9.17) is 5.73 Å². The largest absolute Gasteiger partial charge is 0.369 e. The number of nitrogens with one attached hydrogen (secondary N) is 1. The van der Waals surface area contributed by atoms with Crippen molar-refractivity contribution < 1.29 is 0 Å². The van der Waals surface area contributed by atoms with Crippen molar-refractivity contribution in [1.29, 1.82) is 0 Å². The van der Waals surface area contributed by atoms with E-state index in [0.717, 1.165) is 5.69 Å². The smallest absolute Gasteiger partial charge is 0.197 e. The molecule has 1 aromatic rings. The average molecular weight is 110 g/mol. The first kappa shape index (κ1) is 5.15. The van der Waals surface area contributed by atoms with Crippen molar-refractivity contribution in [2.75, 3.05) is 5.73 Å². The Morgan fingerprint density at radius 1 is 1.88 bits per heavy atom. The quantitative estimate of drug-likeness (QED) is 0.548. The average Bonchev–Trinajstić information content (AvgIpc) is 2.14. The Balaban J connectivity index is 2.84. The van der Waals surface area contributed by atoms with Gasteiger partial charge in [0, 0.05) is 6.20 Å². The highest BCUT2D eigenvalue weighted by Gasteiger charge is 1.90. The first-order valence-electron chi connectivity index (χ1n) is 2.42. The van der Waals surface area contributed by atoms with Crippen LogP contribution in [0.2, 0.25) is 0 Å². The minimum atomic E-state index is 0.462. The second-order valence-corrected chi connectivity index (χ2v) is 1.53. The molecule has 43 valence electrons. The summed E-state index contributed by atoms with van der Waals surface area (Å²) in [5.74, 6) is 0.462. The molecule has 3 heteroatoms. The van der Waals surface area contributed by atoms with Crippen LogP contribution in [0.3, 0.4) is 0 Å². The number of nitrogens with zero attached hydrogens (tertiary/aromatic N) is 1. The number of hydrogen-bond acceptors (Lipinski definition) is 2. The summed E-state index contributed by atoms with van der Waals surface area (Å²) in [4.78, 5) is 6.64. The number of anilines is 1. The van der Waals surface area contributed by atoms with Gasteiger partial charge in [-0.2, -0.15) is 0 Å². The summed E-state index contributed by atoms with van der Waals surface area (Å²) in [6.45, 7) is 3.63. The van der Waals surface area contributed by atoms with Gasteiger partial charge in [-0.05, 0) is 13.3 Å². The van der Waals surface area contributed by atoms with E-state index in [9.17, 15) is 0 Å². The van der Waals surface area contributed by atoms with Gasteiger partial charge < -0.3 is 10.7 Å². The Labute approximate surface area is 47.9 Å². The molecule has 0 aliphatic carbocycles. The predicted molar refractivity (Wildman–Crippen MR) is 32.1 cm³/mol. The summed E-state index contributed by atoms with van der Waals surface area (Å²) in [5.41, 5.74) is 6.16. The molecular formula is C5H8N3. The van der Waals surface area contributed by atoms with Gasteiger partial charge in [0.2, 0.25) is 0 Å². The molecule has 0 fully saturated rings. The van der Waals surface area contributed by atoms with Crippen LogP contribution in [0, 0.1) is 6.92 Å². The summed E-state index contributed by atoms with van der Waals surface area (Å²) in [5, 5.41) is 0. The highest BCUT2D eigenvalue weighted by molar-refractivity contribution is 5.18. The lowest BCUT2D eigenvalue weighted by Crippen LogP contribution is -1.86. The zero-order valence-corrected chi connectivity index (χ0v) is 4.52. The van der Waals surface area contributed by atoms with Crippen LogP contribution < -0.4 is 5.73 Å². The van der Waals surface area contributed by atoms with Gasteiger partial charge in [-0.1, -0.05) is 0 Å². The number of imidazole rings is 1. The van der Waals surface area contributed by atoms with Crippen LogP contribution in [0.4, 0.5) is 5.95 Å². The van der Waals surface area contributed by atoms with Crippen LogP contribution in [-0.4, -0.2) is 9.97 Å². The van der Waals surface area contributed by atoms with Gasteiger partial charge >= 0.3 is 0 Å². The summed E-state index contributed by atoms with van der Waals surface area (Å²) in [6, 6.07) is 0. The van der Waals surface area contributed by atoms with Crippen molar-refractivity contribution in [2.24, 2.45) is 0 Å². The molecule has 3 nitrogen and oxygen atoms in total. The van der Waals surface area contributed by atoms with Crippen molar-refractivity contribution in [3.63, 3.8) is 0 Å². The summed E-state index contributed by atoms with van der Waals surface area (Å²) in [7, 11) is 0. The Hall–Kier alpha value is -0.990. The lowest BCUT2D eigenvalue weighted by atomic mass is 10.4. The fraction of sp³-hybridized carbons (Fsp3) is 0.200. The molecule has 0 unspecified atom stereocenters. The zero-order valence-electron chi connectivity index (χ0n) is 4.52. The molecule has 0 aliphatic heterocycles. The van der Waals surface area contributed by atoms with E-state index >= 15 is 0 Å². The van der Waals surface area contributed by atoms with E-state index in [0.29, 0.717) is 12.4 Å². The predicted octanol–water partition coefficient (Wildman–Crippen LogP) is 0.368. The number of nitrogen functional groups attached to an aromatic ring is 1. The van der Waals surface area contributed by atoms with Gasteiger partial charge in [-0.25, -0.2) is 4.98 Å². The van der Waals surface area contributed by atoms with E-state index in [-0.39, 0.29) is 0 Å². The number of aromatic amines is 1. The van der Waals surface area contributed by atoms with Crippen LogP contribution in [0.15, 0.2) is 6.20 Å². The molecule has 3 N–H and O–H groups in total. The maximum absolute atomic E-state index is 5.26. The van der Waals surface area contributed by atoms with Crippen molar-refractivity contribution in [1.82, 2.24) is 9.97 Å². The fourth-order valence-electron chi connectivity index (χ4n) is 0.505. The maximum atomic E-state index is 5.26. The van der Waals surface area contributed by atoms with E-state index in [1.54, 1.807) is 6.20 Å². The number of aromatic nitrogens is 2. The molecular weight excluding hydrogens is 102 g/mol. The van der Waals surface area contributed by atoms with Crippen molar-refractivity contribution in [3.05, 3.63) is 18.8 Å². The maximum Gasteiger partial charge on any atom is 0.197 e. The Morgan fingerprint density at radius 3 is 2.88 bits per heavy atom. The molecule has 0 aromatic carbocycles. The topological polar surface area (TPSA) is 54.7 Å². The van der Waals surface area contributed by atoms with Gasteiger partial charge in [0.1, 0.15) is 0 Å². The van der Waals surface area contributed by atoms with Crippen LogP contribution in [0.1, 0.15) is 5.69 Å². The summed E-state index contributed by atoms with van der Waals surface area (Å²) in [6.07, 6.45) is 2.44. The third-order valence-corrected chi connectivity index (χ3v) is 0.907. The number of nitrogens with two attached hydrogens (primary N) is 1. The third-order valence-electron chi connectivity index (χ3n) is 0.907. The van der Waals surface area contributed by atoms with Crippen LogP contribution in [-0.2, 0) is 6.42 Å². The summed E-state index contributed by atoms with van der Waals surface area (Å²) >= 11 is 0. The molecule has 1 aromatic heterocycles. The Morgan fingerprint density at radius 2 is 2.62 bits per heavy atom. The van der Waals surface area contributed by atoms with Crippen molar-refractivity contribution in [3.8, 4) is 0 Å². The molecule has 0 atom stereocenters. The number of hydrogen-bond donors (Lipinski definition) is 2. The Kier molecular flexibility index (Phi) is 1.20. The number of H-pyrrole nitrogens is 1. The molecule has 0 amide bonds. The molecule has 1 rings (SSSR count). The van der Waals surface area contributed by atoms with E-state index in [2.05, 4.69) is 16.9 Å². The van der Waals surface area contributed by atoms with E-state index in [1.807, 2.05) is 0 Å². The molecule has 0 saturated carbocycles. The van der Waals surface area contributed by atoms with Gasteiger partial charge in [0.25, 0.3) is 0 Å². The van der Waals surface area contributed by atoms with Crippen LogP contribution in [0.25, 0.3) is 0 Å². The lowest BCUT2D eigenvalue weighted by Gasteiger charge is -1.78. The molecule has 0 spiro atoms. The third kappa shape index (κ3) is 0.804. The van der Waals surface area contributed by atoms with E-state index in [1.165, 1.54) is 0 Å². The highest BCUT2D eigenvalue weighted by atomic mass is 15.0. The molecule has 0 saturated heterocycles.